The van der Waals surface area contributed by atoms with Crippen LogP contribution in [0.25, 0.3) is 0 Å². The van der Waals surface area contributed by atoms with Crippen LogP contribution in [0.2, 0.25) is 5.02 Å². The molecule has 2 fully saturated rings. The Balaban J connectivity index is 1.60. The zero-order chi connectivity index (χ0) is 17.3. The highest BCUT2D eigenvalue weighted by Crippen LogP contribution is 2.20. The number of rotatable bonds is 3. The SMILES string of the molecule is CCn1cc(Cl)c(C(=O)N2CCN([C@@H]3COC[C@@H](O)[C@H]3O)CC2)n1. The van der Waals surface area contributed by atoms with Gasteiger partial charge < -0.3 is 19.8 Å². The monoisotopic (exact) mass is 358 g/mol. The van der Waals surface area contributed by atoms with Crippen LogP contribution in [-0.4, -0.2) is 93.3 Å². The van der Waals surface area contributed by atoms with Gasteiger partial charge in [-0.3, -0.25) is 14.4 Å². The van der Waals surface area contributed by atoms with Crippen molar-refractivity contribution in [1.82, 2.24) is 19.6 Å². The number of hydrogen-bond acceptors (Lipinski definition) is 6. The number of piperazine rings is 1. The fourth-order valence-electron chi connectivity index (χ4n) is 3.19. The highest BCUT2D eigenvalue weighted by Gasteiger charge is 2.37. The highest BCUT2D eigenvalue weighted by molar-refractivity contribution is 6.33. The molecule has 0 spiro atoms. The van der Waals surface area contributed by atoms with Crippen molar-refractivity contribution in [2.75, 3.05) is 39.4 Å². The van der Waals surface area contributed by atoms with E-state index >= 15 is 0 Å². The van der Waals surface area contributed by atoms with Crippen molar-refractivity contribution in [3.05, 3.63) is 16.9 Å². The van der Waals surface area contributed by atoms with Crippen LogP contribution in [0, 0.1) is 0 Å². The second kappa shape index (κ2) is 7.37. The molecular formula is C15H23ClN4O4. The van der Waals surface area contributed by atoms with Gasteiger partial charge in [-0.25, -0.2) is 0 Å². The van der Waals surface area contributed by atoms with Crippen LogP contribution >= 0.6 is 11.6 Å². The molecule has 3 rings (SSSR count). The first kappa shape index (κ1) is 17.6. The lowest BCUT2D eigenvalue weighted by molar-refractivity contribution is -0.136. The third-order valence-electron chi connectivity index (χ3n) is 4.68. The number of aliphatic hydroxyl groups is 2. The third-order valence-corrected chi connectivity index (χ3v) is 4.96. The van der Waals surface area contributed by atoms with Crippen LogP contribution in [0.1, 0.15) is 17.4 Å². The summed E-state index contributed by atoms with van der Waals surface area (Å²) < 4.78 is 6.97. The minimum absolute atomic E-state index is 0.161. The molecule has 1 aromatic rings. The summed E-state index contributed by atoms with van der Waals surface area (Å²) in [6.07, 6.45) is -0.0294. The fraction of sp³-hybridized carbons (Fsp3) is 0.733. The van der Waals surface area contributed by atoms with Gasteiger partial charge in [0.05, 0.1) is 30.4 Å². The summed E-state index contributed by atoms with van der Waals surface area (Å²) in [6, 6.07) is -0.242. The van der Waals surface area contributed by atoms with Crippen molar-refractivity contribution in [1.29, 1.82) is 0 Å². The van der Waals surface area contributed by atoms with Crippen LogP contribution in [-0.2, 0) is 11.3 Å². The minimum atomic E-state index is -0.861. The highest BCUT2D eigenvalue weighted by atomic mass is 35.5. The van der Waals surface area contributed by atoms with Gasteiger partial charge >= 0.3 is 0 Å². The molecule has 0 unspecified atom stereocenters. The predicted molar refractivity (Wildman–Crippen MR) is 87.0 cm³/mol. The van der Waals surface area contributed by atoms with Crippen molar-refractivity contribution in [3.8, 4) is 0 Å². The maximum absolute atomic E-state index is 12.6. The average Bonchev–Trinajstić information content (AvgIpc) is 2.98. The molecular weight excluding hydrogens is 336 g/mol. The Hall–Kier alpha value is -1.19. The molecule has 0 saturated carbocycles. The van der Waals surface area contributed by atoms with E-state index in [1.807, 2.05) is 6.92 Å². The second-order valence-corrected chi connectivity index (χ2v) is 6.58. The number of aryl methyl sites for hydroxylation is 1. The summed E-state index contributed by atoms with van der Waals surface area (Å²) in [7, 11) is 0. The predicted octanol–water partition coefficient (Wildman–Crippen LogP) is -0.565. The number of carbonyl (C=O) groups is 1. The summed E-state index contributed by atoms with van der Waals surface area (Å²) in [6.45, 7) is 5.39. The first-order chi connectivity index (χ1) is 11.5. The van der Waals surface area contributed by atoms with Gasteiger partial charge in [-0.15, -0.1) is 0 Å². The molecule has 9 heteroatoms. The van der Waals surface area contributed by atoms with Crippen molar-refractivity contribution < 1.29 is 19.7 Å². The van der Waals surface area contributed by atoms with Crippen molar-refractivity contribution >= 4 is 17.5 Å². The molecule has 0 radical (unpaired) electrons. The maximum atomic E-state index is 12.6. The Labute approximate surface area is 145 Å². The van der Waals surface area contributed by atoms with Gasteiger partial charge in [0.2, 0.25) is 0 Å². The number of amides is 1. The van der Waals surface area contributed by atoms with Crippen LogP contribution < -0.4 is 0 Å². The molecule has 0 aromatic carbocycles. The molecule has 2 N–H and O–H groups in total. The summed E-state index contributed by atoms with van der Waals surface area (Å²) >= 11 is 6.10. The van der Waals surface area contributed by atoms with Gasteiger partial charge in [-0.05, 0) is 6.92 Å². The zero-order valence-electron chi connectivity index (χ0n) is 13.6. The lowest BCUT2D eigenvalue weighted by Crippen LogP contribution is -2.60. The summed E-state index contributed by atoms with van der Waals surface area (Å²) in [4.78, 5) is 16.4. The van der Waals surface area contributed by atoms with Gasteiger partial charge in [0.25, 0.3) is 5.91 Å². The Morgan fingerprint density at radius 1 is 1.33 bits per heavy atom. The number of carbonyl (C=O) groups excluding carboxylic acids is 1. The molecule has 8 nitrogen and oxygen atoms in total. The summed E-state index contributed by atoms with van der Waals surface area (Å²) in [5, 5.41) is 24.4. The van der Waals surface area contributed by atoms with Gasteiger partial charge in [0, 0.05) is 38.9 Å². The number of nitrogens with zero attached hydrogens (tertiary/aromatic N) is 4. The van der Waals surface area contributed by atoms with Crippen LogP contribution in [0.5, 0.6) is 0 Å². The van der Waals surface area contributed by atoms with Crippen molar-refractivity contribution in [2.24, 2.45) is 0 Å². The van der Waals surface area contributed by atoms with Crippen LogP contribution in [0.4, 0.5) is 0 Å². The van der Waals surface area contributed by atoms with Crippen LogP contribution in [0.3, 0.4) is 0 Å². The van der Waals surface area contributed by atoms with E-state index in [0.29, 0.717) is 44.4 Å². The molecule has 1 aromatic heterocycles. The molecule has 0 bridgehead atoms. The van der Waals surface area contributed by atoms with E-state index in [9.17, 15) is 15.0 Å². The molecule has 2 aliphatic heterocycles. The lowest BCUT2D eigenvalue weighted by atomic mass is 10.0. The molecule has 134 valence electrons. The minimum Gasteiger partial charge on any atom is -0.389 e. The third kappa shape index (κ3) is 3.43. The molecule has 0 aliphatic carbocycles. The summed E-state index contributed by atoms with van der Waals surface area (Å²) in [5.74, 6) is -0.174. The van der Waals surface area contributed by atoms with Crippen LogP contribution in [0.15, 0.2) is 6.20 Å². The normalized spacial score (nSPS) is 29.0. The zero-order valence-corrected chi connectivity index (χ0v) is 14.4. The molecule has 2 aliphatic rings. The Morgan fingerprint density at radius 3 is 2.67 bits per heavy atom. The molecule has 3 atom stereocenters. The van der Waals surface area contributed by atoms with E-state index in [4.69, 9.17) is 16.3 Å². The molecule has 1 amide bonds. The summed E-state index contributed by atoms with van der Waals surface area (Å²) in [5.41, 5.74) is 0.281. The van der Waals surface area contributed by atoms with E-state index < -0.39 is 12.2 Å². The smallest absolute Gasteiger partial charge is 0.276 e. The second-order valence-electron chi connectivity index (χ2n) is 6.17. The Kier molecular flexibility index (Phi) is 5.41. The van der Waals surface area contributed by atoms with E-state index in [-0.39, 0.29) is 24.2 Å². The molecule has 2 saturated heterocycles. The number of ether oxygens (including phenoxy) is 1. The van der Waals surface area contributed by atoms with E-state index in [1.54, 1.807) is 15.8 Å². The number of aliphatic hydroxyl groups excluding tert-OH is 2. The maximum Gasteiger partial charge on any atom is 0.276 e. The van der Waals surface area contributed by atoms with E-state index in [0.717, 1.165) is 0 Å². The van der Waals surface area contributed by atoms with Gasteiger partial charge in [-0.1, -0.05) is 11.6 Å². The quantitative estimate of drug-likeness (QED) is 0.752. The van der Waals surface area contributed by atoms with Gasteiger partial charge in [0.15, 0.2) is 5.69 Å². The lowest BCUT2D eigenvalue weighted by Gasteiger charge is -2.43. The van der Waals surface area contributed by atoms with Crippen molar-refractivity contribution in [3.63, 3.8) is 0 Å². The number of hydrogen-bond donors (Lipinski definition) is 2. The number of halogens is 1. The Bertz CT molecular complexity index is 588. The Morgan fingerprint density at radius 2 is 2.04 bits per heavy atom. The van der Waals surface area contributed by atoms with E-state index in [1.165, 1.54) is 0 Å². The molecule has 24 heavy (non-hydrogen) atoms. The van der Waals surface area contributed by atoms with Gasteiger partial charge in [-0.2, -0.15) is 5.10 Å². The first-order valence-corrected chi connectivity index (χ1v) is 8.59. The van der Waals surface area contributed by atoms with Crippen molar-refractivity contribution in [2.45, 2.75) is 31.7 Å². The topological polar surface area (TPSA) is 91.1 Å². The first-order valence-electron chi connectivity index (χ1n) is 8.21. The standard InChI is InChI=1S/C15H23ClN4O4/c1-2-20-7-10(16)13(17-20)15(23)19-5-3-18(4-6-19)11-8-24-9-12(21)14(11)22/h7,11-12,14,21-22H,2-6,8-9H2,1H3/t11-,12-,14+/m1/s1. The number of aromatic nitrogens is 2. The van der Waals surface area contributed by atoms with E-state index in [2.05, 4.69) is 10.00 Å². The molecule has 3 heterocycles. The fourth-order valence-corrected chi connectivity index (χ4v) is 3.43. The average molecular weight is 359 g/mol. The largest absolute Gasteiger partial charge is 0.389 e. The van der Waals surface area contributed by atoms with Gasteiger partial charge in [0.1, 0.15) is 6.10 Å².